The number of amides is 1. The highest BCUT2D eigenvalue weighted by molar-refractivity contribution is 5.79. The Morgan fingerprint density at radius 1 is 1.13 bits per heavy atom. The van der Waals surface area contributed by atoms with Gasteiger partial charge in [0.25, 0.3) is 0 Å². The molecule has 1 saturated heterocycles. The topological polar surface area (TPSA) is 36.0 Å². The Bertz CT molecular complexity index is 904. The van der Waals surface area contributed by atoms with Crippen molar-refractivity contribution in [1.29, 1.82) is 0 Å². The van der Waals surface area contributed by atoms with E-state index in [9.17, 15) is 9.18 Å². The second-order valence-corrected chi connectivity index (χ2v) is 8.92. The summed E-state index contributed by atoms with van der Waals surface area (Å²) in [4.78, 5) is 19.7. The van der Waals surface area contributed by atoms with Crippen molar-refractivity contribution in [3.05, 3.63) is 65.5 Å². The first-order valence-electron chi connectivity index (χ1n) is 11.1. The standard InChI is InChI=1S/C25H32FN3O2/c1-27(2)16-22-18-31-24-12-6-4-9-20(24)15-28(22)17-21-10-7-13-29(21)25(30)14-19-8-3-5-11-23(19)26/h3-6,8-9,11-12,21-22H,7,10,13-18H2,1-2H3/t21-,22+/m0/s1. The van der Waals surface area contributed by atoms with E-state index in [0.29, 0.717) is 12.2 Å². The maximum atomic E-state index is 14.1. The predicted molar refractivity (Wildman–Crippen MR) is 120 cm³/mol. The van der Waals surface area contributed by atoms with Crippen LogP contribution in [0.5, 0.6) is 5.75 Å². The minimum Gasteiger partial charge on any atom is -0.492 e. The highest BCUT2D eigenvalue weighted by Crippen LogP contribution is 2.27. The molecule has 2 atom stereocenters. The molecule has 0 aromatic heterocycles. The zero-order valence-electron chi connectivity index (χ0n) is 18.5. The van der Waals surface area contributed by atoms with Crippen LogP contribution in [0.2, 0.25) is 0 Å². The number of hydrogen-bond acceptors (Lipinski definition) is 4. The first kappa shape index (κ1) is 21.8. The third-order valence-electron chi connectivity index (χ3n) is 6.31. The lowest BCUT2D eigenvalue weighted by Crippen LogP contribution is -2.50. The van der Waals surface area contributed by atoms with Crippen molar-refractivity contribution in [2.24, 2.45) is 0 Å². The van der Waals surface area contributed by atoms with Gasteiger partial charge in [0.05, 0.1) is 12.5 Å². The van der Waals surface area contributed by atoms with Crippen molar-refractivity contribution in [1.82, 2.24) is 14.7 Å². The van der Waals surface area contributed by atoms with E-state index in [0.717, 1.165) is 44.8 Å². The van der Waals surface area contributed by atoms with Gasteiger partial charge in [-0.1, -0.05) is 36.4 Å². The summed E-state index contributed by atoms with van der Waals surface area (Å²) in [5, 5.41) is 0. The van der Waals surface area contributed by atoms with Crippen LogP contribution in [0.25, 0.3) is 0 Å². The lowest BCUT2D eigenvalue weighted by atomic mass is 10.1. The van der Waals surface area contributed by atoms with Gasteiger partial charge >= 0.3 is 0 Å². The van der Waals surface area contributed by atoms with Gasteiger partial charge < -0.3 is 14.5 Å². The van der Waals surface area contributed by atoms with Crippen LogP contribution in [-0.4, -0.2) is 73.0 Å². The molecule has 6 heteroatoms. The predicted octanol–water partition coefficient (Wildman–Crippen LogP) is 3.18. The normalized spacial score (nSPS) is 21.6. The third kappa shape index (κ3) is 5.25. The number of carbonyl (C=O) groups is 1. The van der Waals surface area contributed by atoms with Crippen LogP contribution in [0.3, 0.4) is 0 Å². The van der Waals surface area contributed by atoms with Crippen molar-refractivity contribution in [2.45, 2.75) is 37.9 Å². The first-order chi connectivity index (χ1) is 15.0. The van der Waals surface area contributed by atoms with Gasteiger partial charge in [-0.25, -0.2) is 4.39 Å². The number of likely N-dealkylation sites (tertiary alicyclic amines) is 1. The highest BCUT2D eigenvalue weighted by atomic mass is 19.1. The van der Waals surface area contributed by atoms with Gasteiger partial charge in [-0.05, 0) is 44.6 Å². The van der Waals surface area contributed by atoms with E-state index in [1.807, 2.05) is 23.1 Å². The summed E-state index contributed by atoms with van der Waals surface area (Å²) >= 11 is 0. The molecule has 4 rings (SSSR count). The number of carbonyl (C=O) groups excluding carboxylic acids is 1. The molecule has 0 radical (unpaired) electrons. The number of benzene rings is 2. The van der Waals surface area contributed by atoms with E-state index >= 15 is 0 Å². The number of likely N-dealkylation sites (N-methyl/N-ethyl adjacent to an activating group) is 1. The molecular weight excluding hydrogens is 393 g/mol. The van der Waals surface area contributed by atoms with Gasteiger partial charge in [0, 0.05) is 37.8 Å². The van der Waals surface area contributed by atoms with Gasteiger partial charge in [0.1, 0.15) is 18.2 Å². The first-order valence-corrected chi connectivity index (χ1v) is 11.1. The van der Waals surface area contributed by atoms with Gasteiger partial charge in [-0.15, -0.1) is 0 Å². The molecule has 0 N–H and O–H groups in total. The summed E-state index contributed by atoms with van der Waals surface area (Å²) in [6.45, 7) is 3.88. The van der Waals surface area contributed by atoms with Crippen LogP contribution < -0.4 is 4.74 Å². The fourth-order valence-electron chi connectivity index (χ4n) is 4.75. The maximum absolute atomic E-state index is 14.1. The number of ether oxygens (including phenoxy) is 1. The molecule has 1 amide bonds. The molecule has 0 spiro atoms. The van der Waals surface area contributed by atoms with E-state index < -0.39 is 0 Å². The minimum atomic E-state index is -0.307. The number of nitrogens with zero attached hydrogens (tertiary/aromatic N) is 3. The van der Waals surface area contributed by atoms with Crippen molar-refractivity contribution >= 4 is 5.91 Å². The van der Waals surface area contributed by atoms with Crippen LogP contribution >= 0.6 is 0 Å². The Labute approximate surface area is 184 Å². The van der Waals surface area contributed by atoms with E-state index in [2.05, 4.69) is 30.0 Å². The Morgan fingerprint density at radius 3 is 2.71 bits per heavy atom. The number of para-hydroxylation sites is 1. The molecule has 166 valence electrons. The SMILES string of the molecule is CN(C)C[C@@H]1COc2ccccc2CN1C[C@@H]1CCCN1C(=O)Cc1ccccc1F. The van der Waals surface area contributed by atoms with Gasteiger partial charge in [-0.2, -0.15) is 0 Å². The molecule has 0 unspecified atom stereocenters. The molecule has 0 saturated carbocycles. The molecule has 2 aliphatic rings. The Morgan fingerprint density at radius 2 is 1.90 bits per heavy atom. The lowest BCUT2D eigenvalue weighted by molar-refractivity contribution is -0.131. The zero-order chi connectivity index (χ0) is 21.8. The third-order valence-corrected chi connectivity index (χ3v) is 6.31. The maximum Gasteiger partial charge on any atom is 0.227 e. The zero-order valence-corrected chi connectivity index (χ0v) is 18.5. The van der Waals surface area contributed by atoms with Crippen molar-refractivity contribution in [3.8, 4) is 5.75 Å². The fourth-order valence-corrected chi connectivity index (χ4v) is 4.75. The van der Waals surface area contributed by atoms with Gasteiger partial charge in [0.2, 0.25) is 5.91 Å². The van der Waals surface area contributed by atoms with Crippen LogP contribution in [0.1, 0.15) is 24.0 Å². The molecular formula is C25H32FN3O2. The van der Waals surface area contributed by atoms with Gasteiger partial charge in [-0.3, -0.25) is 9.69 Å². The van der Waals surface area contributed by atoms with Crippen molar-refractivity contribution in [3.63, 3.8) is 0 Å². The fraction of sp³-hybridized carbons (Fsp3) is 0.480. The molecule has 5 nitrogen and oxygen atoms in total. The summed E-state index contributed by atoms with van der Waals surface area (Å²) in [5.41, 5.74) is 1.66. The Kier molecular flexibility index (Phi) is 6.88. The summed E-state index contributed by atoms with van der Waals surface area (Å²) in [7, 11) is 4.16. The second kappa shape index (κ2) is 9.79. The summed E-state index contributed by atoms with van der Waals surface area (Å²) in [6.07, 6.45) is 2.10. The summed E-state index contributed by atoms with van der Waals surface area (Å²) in [6, 6.07) is 15.2. The van der Waals surface area contributed by atoms with Crippen LogP contribution in [0, 0.1) is 5.82 Å². The number of rotatable bonds is 6. The number of halogens is 1. The van der Waals surface area contributed by atoms with Crippen LogP contribution in [0.15, 0.2) is 48.5 Å². The molecule has 1 fully saturated rings. The second-order valence-electron chi connectivity index (χ2n) is 8.92. The van der Waals surface area contributed by atoms with Crippen LogP contribution in [0.4, 0.5) is 4.39 Å². The monoisotopic (exact) mass is 425 g/mol. The molecule has 2 heterocycles. The molecule has 2 aliphatic heterocycles. The lowest BCUT2D eigenvalue weighted by Gasteiger charge is -2.35. The molecule has 2 aromatic carbocycles. The minimum absolute atomic E-state index is 0.0169. The Balaban J connectivity index is 1.49. The number of fused-ring (bicyclic) bond motifs is 1. The quantitative estimate of drug-likeness (QED) is 0.712. The Hall–Kier alpha value is -2.44. The summed E-state index contributed by atoms with van der Waals surface area (Å²) in [5.74, 6) is 0.662. The van der Waals surface area contributed by atoms with E-state index in [1.54, 1.807) is 18.2 Å². The molecule has 2 aromatic rings. The smallest absolute Gasteiger partial charge is 0.227 e. The highest BCUT2D eigenvalue weighted by Gasteiger charge is 2.34. The van der Waals surface area contributed by atoms with Crippen molar-refractivity contribution < 1.29 is 13.9 Å². The largest absolute Gasteiger partial charge is 0.492 e. The van der Waals surface area contributed by atoms with E-state index in [4.69, 9.17) is 4.74 Å². The van der Waals surface area contributed by atoms with Gasteiger partial charge in [0.15, 0.2) is 0 Å². The van der Waals surface area contributed by atoms with Crippen LogP contribution in [-0.2, 0) is 17.8 Å². The van der Waals surface area contributed by atoms with E-state index in [-0.39, 0.29) is 30.2 Å². The number of hydrogen-bond donors (Lipinski definition) is 0. The average molecular weight is 426 g/mol. The summed E-state index contributed by atoms with van der Waals surface area (Å²) < 4.78 is 20.2. The molecule has 0 bridgehead atoms. The van der Waals surface area contributed by atoms with E-state index in [1.165, 1.54) is 11.6 Å². The molecule has 31 heavy (non-hydrogen) atoms. The average Bonchev–Trinajstić information content (AvgIpc) is 3.14. The molecule has 0 aliphatic carbocycles. The van der Waals surface area contributed by atoms with Crippen molar-refractivity contribution in [2.75, 3.05) is 40.3 Å².